The Morgan fingerprint density at radius 2 is 1.65 bits per heavy atom. The van der Waals surface area contributed by atoms with Crippen molar-refractivity contribution in [2.45, 2.75) is 18.4 Å². The largest absolute Gasteiger partial charge is 0.397 e. The number of rotatable bonds is 5. The van der Waals surface area contributed by atoms with Gasteiger partial charge in [-0.25, -0.2) is 4.18 Å². The van der Waals surface area contributed by atoms with Crippen LogP contribution in [0.5, 0.6) is 0 Å². The summed E-state index contributed by atoms with van der Waals surface area (Å²) in [7, 11) is -4.49. The van der Waals surface area contributed by atoms with Crippen LogP contribution >= 0.6 is 0 Å². The molecule has 0 bridgehead atoms. The summed E-state index contributed by atoms with van der Waals surface area (Å²) >= 11 is 0. The van der Waals surface area contributed by atoms with Gasteiger partial charge in [0.05, 0.1) is 12.1 Å². The summed E-state index contributed by atoms with van der Waals surface area (Å²) < 4.78 is 36.1. The van der Waals surface area contributed by atoms with Crippen LogP contribution in [-0.2, 0) is 20.1 Å². The molecule has 3 rings (SSSR count). The van der Waals surface area contributed by atoms with Gasteiger partial charge in [-0.05, 0) is 30.5 Å². The van der Waals surface area contributed by atoms with E-state index in [0.717, 1.165) is 30.6 Å². The molecule has 1 saturated heterocycles. The Balaban J connectivity index is 2.04. The molecule has 0 saturated carbocycles. The number of hydrogen-bond donors (Lipinski definition) is 1. The van der Waals surface area contributed by atoms with Crippen molar-refractivity contribution in [2.75, 3.05) is 18.1 Å². The van der Waals surface area contributed by atoms with E-state index in [-0.39, 0.29) is 6.61 Å². The molecule has 1 aliphatic heterocycles. The predicted octanol–water partition coefficient (Wildman–Crippen LogP) is 3.00. The van der Waals surface area contributed by atoms with Gasteiger partial charge in [-0.3, -0.25) is 4.55 Å². The van der Waals surface area contributed by atoms with Gasteiger partial charge >= 0.3 is 10.4 Å². The lowest BCUT2D eigenvalue weighted by molar-refractivity contribution is 0.199. The first-order valence-electron chi connectivity index (χ1n) is 7.51. The van der Waals surface area contributed by atoms with E-state index < -0.39 is 15.9 Å². The first-order chi connectivity index (χ1) is 11.0. The second kappa shape index (κ2) is 6.31. The van der Waals surface area contributed by atoms with Crippen LogP contribution in [0.3, 0.4) is 0 Å². The minimum absolute atomic E-state index is 0.120. The molecule has 23 heavy (non-hydrogen) atoms. The van der Waals surface area contributed by atoms with Crippen LogP contribution in [-0.4, -0.2) is 26.1 Å². The number of benzene rings is 2. The van der Waals surface area contributed by atoms with Crippen LogP contribution in [0.25, 0.3) is 0 Å². The zero-order valence-corrected chi connectivity index (χ0v) is 13.4. The monoisotopic (exact) mass is 333 g/mol. The highest BCUT2D eigenvalue weighted by molar-refractivity contribution is 7.80. The Kier molecular flexibility index (Phi) is 4.39. The lowest BCUT2D eigenvalue weighted by Gasteiger charge is -2.40. The Morgan fingerprint density at radius 3 is 2.26 bits per heavy atom. The minimum Gasteiger partial charge on any atom is -0.359 e. The van der Waals surface area contributed by atoms with E-state index in [9.17, 15) is 8.42 Å². The number of hydrogen-bond acceptors (Lipinski definition) is 4. The lowest BCUT2D eigenvalue weighted by atomic mass is 9.87. The van der Waals surface area contributed by atoms with Crippen molar-refractivity contribution in [3.63, 3.8) is 0 Å². The highest BCUT2D eigenvalue weighted by atomic mass is 32.3. The van der Waals surface area contributed by atoms with Crippen molar-refractivity contribution < 1.29 is 17.2 Å². The highest BCUT2D eigenvalue weighted by Gasteiger charge is 2.43. The van der Waals surface area contributed by atoms with E-state index in [1.165, 1.54) is 0 Å². The second-order valence-corrected chi connectivity index (χ2v) is 6.77. The normalized spacial score (nSPS) is 21.5. The number of para-hydroxylation sites is 1. The molecule has 1 atom stereocenters. The van der Waals surface area contributed by atoms with E-state index in [1.54, 1.807) is 0 Å². The zero-order chi connectivity index (χ0) is 16.3. The van der Waals surface area contributed by atoms with Gasteiger partial charge in [-0.15, -0.1) is 0 Å². The molecule has 0 spiro atoms. The first-order valence-corrected chi connectivity index (χ1v) is 8.88. The molecule has 1 aliphatic rings. The van der Waals surface area contributed by atoms with E-state index in [2.05, 4.69) is 4.90 Å². The SMILES string of the molecule is O=S(=O)(O)OC[C@]1(c2ccccc2)CCCN1c1ccccc1. The second-order valence-electron chi connectivity index (χ2n) is 5.68. The maximum absolute atomic E-state index is 11.1. The number of nitrogens with zero attached hydrogens (tertiary/aromatic N) is 1. The molecule has 1 heterocycles. The highest BCUT2D eigenvalue weighted by Crippen LogP contribution is 2.42. The summed E-state index contributed by atoms with van der Waals surface area (Å²) in [6, 6.07) is 19.5. The molecule has 1 N–H and O–H groups in total. The first kappa shape index (κ1) is 16.0. The maximum Gasteiger partial charge on any atom is 0.397 e. The molecule has 0 unspecified atom stereocenters. The van der Waals surface area contributed by atoms with E-state index in [0.29, 0.717) is 0 Å². The Labute approximate surface area is 136 Å². The molecule has 5 nitrogen and oxygen atoms in total. The molecule has 1 fully saturated rings. The van der Waals surface area contributed by atoms with Crippen molar-refractivity contribution in [3.8, 4) is 0 Å². The van der Waals surface area contributed by atoms with Gasteiger partial charge in [0.15, 0.2) is 0 Å². The van der Waals surface area contributed by atoms with E-state index in [4.69, 9.17) is 8.74 Å². The van der Waals surface area contributed by atoms with Crippen LogP contribution < -0.4 is 4.90 Å². The quantitative estimate of drug-likeness (QED) is 0.852. The maximum atomic E-state index is 11.1. The van der Waals surface area contributed by atoms with Gasteiger partial charge in [0, 0.05) is 12.2 Å². The van der Waals surface area contributed by atoms with Crippen LogP contribution in [0, 0.1) is 0 Å². The van der Waals surface area contributed by atoms with E-state index in [1.807, 2.05) is 60.7 Å². The summed E-state index contributed by atoms with van der Waals surface area (Å²) in [4.78, 5) is 2.16. The zero-order valence-electron chi connectivity index (χ0n) is 12.6. The molecular weight excluding hydrogens is 314 g/mol. The molecule has 0 aromatic heterocycles. The molecular formula is C17H19NO4S. The third-order valence-corrected chi connectivity index (χ3v) is 4.73. The number of anilines is 1. The molecule has 2 aromatic rings. The van der Waals surface area contributed by atoms with Gasteiger partial charge in [-0.1, -0.05) is 48.5 Å². The standard InChI is InChI=1S/C17H19NO4S/c19-23(20,21)22-14-17(15-8-3-1-4-9-15)12-7-13-18(17)16-10-5-2-6-11-16/h1-6,8-11H,7,12-14H2,(H,19,20,21)/t17-/m0/s1. The summed E-state index contributed by atoms with van der Waals surface area (Å²) in [6.07, 6.45) is 1.67. The average molecular weight is 333 g/mol. The summed E-state index contributed by atoms with van der Waals surface area (Å²) in [5, 5.41) is 0. The van der Waals surface area contributed by atoms with Crippen LogP contribution in [0.4, 0.5) is 5.69 Å². The molecule has 122 valence electrons. The van der Waals surface area contributed by atoms with Crippen molar-refractivity contribution in [2.24, 2.45) is 0 Å². The molecule has 2 aromatic carbocycles. The van der Waals surface area contributed by atoms with Gasteiger partial charge in [0.1, 0.15) is 0 Å². The van der Waals surface area contributed by atoms with Crippen molar-refractivity contribution in [1.29, 1.82) is 0 Å². The Hall–Kier alpha value is -1.89. The minimum atomic E-state index is -4.49. The Morgan fingerprint density at radius 1 is 1.04 bits per heavy atom. The van der Waals surface area contributed by atoms with Crippen LogP contribution in [0.2, 0.25) is 0 Å². The lowest BCUT2D eigenvalue weighted by Crippen LogP contribution is -2.45. The van der Waals surface area contributed by atoms with Gasteiger partial charge in [0.2, 0.25) is 0 Å². The summed E-state index contributed by atoms with van der Waals surface area (Å²) in [5.41, 5.74) is 1.37. The topological polar surface area (TPSA) is 66.8 Å². The van der Waals surface area contributed by atoms with Crippen LogP contribution in [0.15, 0.2) is 60.7 Å². The van der Waals surface area contributed by atoms with Crippen molar-refractivity contribution in [3.05, 3.63) is 66.2 Å². The summed E-state index contributed by atoms with van der Waals surface area (Å²) in [6.45, 7) is 0.679. The fourth-order valence-corrected chi connectivity index (χ4v) is 3.66. The molecule has 0 radical (unpaired) electrons. The molecule has 6 heteroatoms. The van der Waals surface area contributed by atoms with Crippen molar-refractivity contribution >= 4 is 16.1 Å². The molecule has 0 aliphatic carbocycles. The fraction of sp³-hybridized carbons (Fsp3) is 0.294. The van der Waals surface area contributed by atoms with Gasteiger partial charge in [-0.2, -0.15) is 8.42 Å². The van der Waals surface area contributed by atoms with E-state index >= 15 is 0 Å². The van der Waals surface area contributed by atoms with Crippen LogP contribution in [0.1, 0.15) is 18.4 Å². The third kappa shape index (κ3) is 3.39. The average Bonchev–Trinajstić information content (AvgIpc) is 2.99. The third-order valence-electron chi connectivity index (χ3n) is 4.31. The summed E-state index contributed by atoms with van der Waals surface area (Å²) in [5.74, 6) is 0. The van der Waals surface area contributed by atoms with Gasteiger partial charge in [0.25, 0.3) is 0 Å². The predicted molar refractivity (Wildman–Crippen MR) is 88.6 cm³/mol. The molecule has 0 amide bonds. The van der Waals surface area contributed by atoms with Gasteiger partial charge < -0.3 is 4.90 Å². The Bertz CT molecular complexity index is 749. The van der Waals surface area contributed by atoms with Crippen molar-refractivity contribution in [1.82, 2.24) is 0 Å². The fourth-order valence-electron chi connectivity index (χ4n) is 3.32. The smallest absolute Gasteiger partial charge is 0.359 e.